The standard InChI is InChI=1S/C32H20Cl2S/c33-21-15-17-27-29(19-21)25-13-7-8-14-26(25)31-28-18-16-22(34)20-30(28)35(32(27)31,23-9-3-1-4-10-23)24-11-5-2-6-12-24/h1-20H. The lowest BCUT2D eigenvalue weighted by atomic mass is 9.93. The first-order valence-corrected chi connectivity index (χ1v) is 14.0. The molecule has 0 saturated carbocycles. The van der Waals surface area contributed by atoms with E-state index in [1.54, 1.807) is 0 Å². The minimum atomic E-state index is -1.82. The molecule has 0 nitrogen and oxygen atoms in total. The van der Waals surface area contributed by atoms with Gasteiger partial charge >= 0.3 is 0 Å². The van der Waals surface area contributed by atoms with Gasteiger partial charge in [0.15, 0.2) is 0 Å². The molecule has 0 bridgehead atoms. The van der Waals surface area contributed by atoms with Gasteiger partial charge in [-0.3, -0.25) is 0 Å². The molecular weight excluding hydrogens is 487 g/mol. The fourth-order valence-corrected chi connectivity index (χ4v) is 10.5. The maximum Gasteiger partial charge on any atom is 0.0417 e. The molecule has 0 spiro atoms. The Balaban J connectivity index is 1.82. The summed E-state index contributed by atoms with van der Waals surface area (Å²) in [5.41, 5.74) is 2.57. The molecule has 0 aliphatic carbocycles. The molecule has 0 unspecified atom stereocenters. The van der Waals surface area contributed by atoms with E-state index in [0.29, 0.717) is 0 Å². The summed E-state index contributed by atoms with van der Waals surface area (Å²) in [5.74, 6) is 0. The molecule has 0 saturated heterocycles. The zero-order chi connectivity index (χ0) is 23.6. The predicted molar refractivity (Wildman–Crippen MR) is 150 cm³/mol. The monoisotopic (exact) mass is 506 g/mol. The Morgan fingerprint density at radius 1 is 0.457 bits per heavy atom. The number of hydrogen-bond acceptors (Lipinski definition) is 0. The van der Waals surface area contributed by atoms with Crippen LogP contribution in [0.2, 0.25) is 10.0 Å². The Hall–Kier alpha value is -3.23. The van der Waals surface area contributed by atoms with E-state index in [9.17, 15) is 0 Å². The minimum absolute atomic E-state index is 0.751. The average Bonchev–Trinajstić information content (AvgIpc) is 3.21. The summed E-state index contributed by atoms with van der Waals surface area (Å²) in [7, 11) is -1.82. The maximum absolute atomic E-state index is 6.72. The van der Waals surface area contributed by atoms with Gasteiger partial charge in [0.25, 0.3) is 0 Å². The Bertz CT molecular complexity index is 1720. The van der Waals surface area contributed by atoms with Crippen LogP contribution in [0.4, 0.5) is 0 Å². The summed E-state index contributed by atoms with van der Waals surface area (Å²) in [6.07, 6.45) is 0. The second-order valence-electron chi connectivity index (χ2n) is 8.82. The minimum Gasteiger partial charge on any atom is -0.131 e. The van der Waals surface area contributed by atoms with Gasteiger partial charge in [-0.15, -0.1) is 10.0 Å². The Morgan fingerprint density at radius 3 is 1.71 bits per heavy atom. The fourth-order valence-electron chi connectivity index (χ4n) is 5.66. The van der Waals surface area contributed by atoms with Crippen molar-refractivity contribution in [1.82, 2.24) is 0 Å². The highest BCUT2D eigenvalue weighted by atomic mass is 35.5. The summed E-state index contributed by atoms with van der Waals surface area (Å²) >= 11 is 13.3. The molecule has 3 heteroatoms. The third kappa shape index (κ3) is 2.90. The van der Waals surface area contributed by atoms with E-state index in [4.69, 9.17) is 23.2 Å². The molecule has 0 atom stereocenters. The molecule has 35 heavy (non-hydrogen) atoms. The van der Waals surface area contributed by atoms with Crippen LogP contribution >= 0.6 is 33.2 Å². The van der Waals surface area contributed by atoms with Crippen molar-refractivity contribution in [3.63, 3.8) is 0 Å². The molecule has 0 radical (unpaired) electrons. The molecule has 1 heterocycles. The smallest absolute Gasteiger partial charge is 0.0417 e. The molecule has 6 aromatic rings. The number of hydrogen-bond donors (Lipinski definition) is 0. The van der Waals surface area contributed by atoms with Crippen LogP contribution in [0.1, 0.15) is 0 Å². The maximum atomic E-state index is 6.72. The van der Waals surface area contributed by atoms with Gasteiger partial charge in [-0.1, -0.05) is 96.0 Å². The Labute approximate surface area is 216 Å². The molecule has 6 aromatic carbocycles. The van der Waals surface area contributed by atoms with Gasteiger partial charge in [0.05, 0.1) is 0 Å². The van der Waals surface area contributed by atoms with Crippen LogP contribution in [0.15, 0.2) is 141 Å². The van der Waals surface area contributed by atoms with Gasteiger partial charge in [-0.25, -0.2) is 0 Å². The number of rotatable bonds is 2. The molecule has 1 aliphatic rings. The van der Waals surface area contributed by atoms with Crippen molar-refractivity contribution < 1.29 is 0 Å². The van der Waals surface area contributed by atoms with Gasteiger partial charge in [-0.05, 0) is 75.6 Å². The highest BCUT2D eigenvalue weighted by molar-refractivity contribution is 8.34. The summed E-state index contributed by atoms with van der Waals surface area (Å²) in [5, 5.41) is 6.42. The largest absolute Gasteiger partial charge is 0.131 e. The molecule has 7 rings (SSSR count). The van der Waals surface area contributed by atoms with E-state index in [1.165, 1.54) is 52.3 Å². The van der Waals surface area contributed by atoms with E-state index in [-0.39, 0.29) is 0 Å². The van der Waals surface area contributed by atoms with E-state index in [1.807, 2.05) is 12.1 Å². The lowest BCUT2D eigenvalue weighted by Crippen LogP contribution is -2.02. The summed E-state index contributed by atoms with van der Waals surface area (Å²) in [6.45, 7) is 0. The first kappa shape index (κ1) is 21.1. The number of benzene rings is 6. The van der Waals surface area contributed by atoms with Crippen LogP contribution in [0, 0.1) is 0 Å². The first-order chi connectivity index (χ1) is 17.2. The van der Waals surface area contributed by atoms with E-state index < -0.39 is 10.0 Å². The Kier molecular flexibility index (Phi) is 4.76. The van der Waals surface area contributed by atoms with Crippen molar-refractivity contribution in [2.75, 3.05) is 0 Å². The summed E-state index contributed by atoms with van der Waals surface area (Å²) < 4.78 is 0. The van der Waals surface area contributed by atoms with Crippen LogP contribution < -0.4 is 0 Å². The van der Waals surface area contributed by atoms with Crippen LogP contribution in [0.3, 0.4) is 0 Å². The first-order valence-electron chi connectivity index (χ1n) is 11.6. The average molecular weight is 507 g/mol. The molecule has 1 aliphatic heterocycles. The number of halogens is 2. The lowest BCUT2D eigenvalue weighted by Gasteiger charge is -2.40. The molecule has 0 N–H and O–H groups in total. The SMILES string of the molecule is Clc1ccc2c(c1)S(c1ccccc1)(c1ccccc1)c1c-2c2ccccc2c2cc(Cl)ccc12. The van der Waals surface area contributed by atoms with Crippen molar-refractivity contribution in [2.24, 2.45) is 0 Å². The van der Waals surface area contributed by atoms with Crippen LogP contribution in [0.5, 0.6) is 0 Å². The van der Waals surface area contributed by atoms with Gasteiger partial charge in [0.1, 0.15) is 0 Å². The summed E-state index contributed by atoms with van der Waals surface area (Å²) in [6, 6.07) is 43.4. The van der Waals surface area contributed by atoms with Crippen LogP contribution in [-0.2, 0) is 0 Å². The topological polar surface area (TPSA) is 0 Å². The molecule has 0 amide bonds. The van der Waals surface area contributed by atoms with E-state index in [2.05, 4.69) is 109 Å². The van der Waals surface area contributed by atoms with Crippen molar-refractivity contribution in [3.8, 4) is 11.1 Å². The highest BCUT2D eigenvalue weighted by Crippen LogP contribution is 2.81. The zero-order valence-electron chi connectivity index (χ0n) is 18.7. The van der Waals surface area contributed by atoms with Crippen molar-refractivity contribution in [3.05, 3.63) is 131 Å². The van der Waals surface area contributed by atoms with Gasteiger partial charge in [-0.2, -0.15) is 0 Å². The predicted octanol–water partition coefficient (Wildman–Crippen LogP) is 10.6. The third-order valence-corrected chi connectivity index (χ3v) is 11.4. The van der Waals surface area contributed by atoms with Crippen LogP contribution in [-0.4, -0.2) is 0 Å². The van der Waals surface area contributed by atoms with Crippen molar-refractivity contribution in [2.45, 2.75) is 19.6 Å². The normalized spacial score (nSPS) is 14.6. The highest BCUT2D eigenvalue weighted by Gasteiger charge is 2.44. The second-order valence-corrected chi connectivity index (χ2v) is 12.7. The molecule has 0 aromatic heterocycles. The van der Waals surface area contributed by atoms with Gasteiger partial charge in [0, 0.05) is 35.2 Å². The number of fused-ring (bicyclic) bond motifs is 8. The van der Waals surface area contributed by atoms with E-state index >= 15 is 0 Å². The zero-order valence-corrected chi connectivity index (χ0v) is 21.0. The van der Waals surface area contributed by atoms with Gasteiger partial charge < -0.3 is 0 Å². The fraction of sp³-hybridized carbons (Fsp3) is 0. The second kappa shape index (κ2) is 7.90. The van der Waals surface area contributed by atoms with Crippen LogP contribution in [0.25, 0.3) is 32.7 Å². The van der Waals surface area contributed by atoms with E-state index in [0.717, 1.165) is 10.0 Å². The van der Waals surface area contributed by atoms with Crippen molar-refractivity contribution >= 4 is 54.8 Å². The quantitative estimate of drug-likeness (QED) is 0.204. The molecular formula is C32H20Cl2S. The molecule has 168 valence electrons. The summed E-state index contributed by atoms with van der Waals surface area (Å²) in [4.78, 5) is 5.28. The lowest BCUT2D eigenvalue weighted by molar-refractivity contribution is 1.30. The third-order valence-electron chi connectivity index (χ3n) is 6.98. The Morgan fingerprint density at radius 2 is 1.03 bits per heavy atom. The molecule has 0 fully saturated rings. The van der Waals surface area contributed by atoms with Gasteiger partial charge in [0.2, 0.25) is 0 Å². The van der Waals surface area contributed by atoms with Crippen molar-refractivity contribution in [1.29, 1.82) is 0 Å².